The lowest BCUT2D eigenvalue weighted by Gasteiger charge is -2.14. The van der Waals surface area contributed by atoms with Crippen molar-refractivity contribution in [3.63, 3.8) is 0 Å². The van der Waals surface area contributed by atoms with E-state index in [0.717, 1.165) is 31.7 Å². The molecule has 2 N–H and O–H groups in total. The first kappa shape index (κ1) is 12.2. The molecule has 4 heteroatoms. The number of rotatable bonds is 3. The van der Waals surface area contributed by atoms with Gasteiger partial charge in [-0.15, -0.1) is 0 Å². The Morgan fingerprint density at radius 3 is 2.74 bits per heavy atom. The Morgan fingerprint density at radius 1 is 1.21 bits per heavy atom. The standard InChI is InChI=1S/C15H20N4/c1-3-14-7-15(18(2)17-14)10-19-8-11-4-5-13(16)6-12(11)9-19/h4-7H,3,8-10,16H2,1-2H3. The lowest BCUT2D eigenvalue weighted by Crippen LogP contribution is -2.17. The largest absolute Gasteiger partial charge is 0.399 e. The third-order valence-electron chi connectivity index (χ3n) is 3.79. The van der Waals surface area contributed by atoms with Gasteiger partial charge in [0.15, 0.2) is 0 Å². The maximum absolute atomic E-state index is 5.84. The van der Waals surface area contributed by atoms with Gasteiger partial charge in [0, 0.05) is 32.4 Å². The summed E-state index contributed by atoms with van der Waals surface area (Å²) in [5.41, 5.74) is 11.9. The Hall–Kier alpha value is -1.81. The molecule has 100 valence electrons. The molecule has 0 aliphatic carbocycles. The summed E-state index contributed by atoms with van der Waals surface area (Å²) in [5.74, 6) is 0. The number of aromatic nitrogens is 2. The molecule has 4 nitrogen and oxygen atoms in total. The van der Waals surface area contributed by atoms with Crippen LogP contribution in [0.4, 0.5) is 5.69 Å². The second-order valence-electron chi connectivity index (χ2n) is 5.28. The normalized spacial score (nSPS) is 14.8. The van der Waals surface area contributed by atoms with E-state index in [1.54, 1.807) is 0 Å². The Morgan fingerprint density at radius 2 is 2.00 bits per heavy atom. The van der Waals surface area contributed by atoms with E-state index in [2.05, 4.69) is 35.1 Å². The van der Waals surface area contributed by atoms with Crippen molar-refractivity contribution in [3.05, 3.63) is 46.8 Å². The summed E-state index contributed by atoms with van der Waals surface area (Å²) < 4.78 is 2.00. The molecule has 0 spiro atoms. The van der Waals surface area contributed by atoms with E-state index in [0.29, 0.717) is 0 Å². The molecule has 0 fully saturated rings. The number of hydrogen-bond donors (Lipinski definition) is 1. The Balaban J connectivity index is 1.74. The molecule has 19 heavy (non-hydrogen) atoms. The van der Waals surface area contributed by atoms with Crippen LogP contribution in [0.2, 0.25) is 0 Å². The van der Waals surface area contributed by atoms with Crippen LogP contribution in [0.5, 0.6) is 0 Å². The molecule has 0 saturated carbocycles. The number of anilines is 1. The average Bonchev–Trinajstić information content (AvgIpc) is 2.93. The van der Waals surface area contributed by atoms with Crippen molar-refractivity contribution in [2.75, 3.05) is 5.73 Å². The second-order valence-corrected chi connectivity index (χ2v) is 5.28. The fraction of sp³-hybridized carbons (Fsp3) is 0.400. The number of nitrogens with two attached hydrogens (primary N) is 1. The molecule has 3 rings (SSSR count). The van der Waals surface area contributed by atoms with Crippen LogP contribution in [0.15, 0.2) is 24.3 Å². The molecule has 0 atom stereocenters. The van der Waals surface area contributed by atoms with Gasteiger partial charge in [-0.1, -0.05) is 13.0 Å². The van der Waals surface area contributed by atoms with E-state index in [1.165, 1.54) is 22.5 Å². The summed E-state index contributed by atoms with van der Waals surface area (Å²) in [4.78, 5) is 2.43. The highest BCUT2D eigenvalue weighted by molar-refractivity contribution is 5.46. The monoisotopic (exact) mass is 256 g/mol. The molecule has 0 unspecified atom stereocenters. The maximum Gasteiger partial charge on any atom is 0.0625 e. The molecule has 1 aliphatic rings. The quantitative estimate of drug-likeness (QED) is 0.855. The van der Waals surface area contributed by atoms with Crippen LogP contribution in [0.1, 0.15) is 29.4 Å². The topological polar surface area (TPSA) is 47.1 Å². The van der Waals surface area contributed by atoms with Crippen LogP contribution < -0.4 is 5.73 Å². The zero-order chi connectivity index (χ0) is 13.4. The van der Waals surface area contributed by atoms with E-state index in [1.807, 2.05) is 17.8 Å². The van der Waals surface area contributed by atoms with Crippen LogP contribution in [0.3, 0.4) is 0 Å². The summed E-state index contributed by atoms with van der Waals surface area (Å²) in [6.45, 7) is 5.06. The van der Waals surface area contributed by atoms with E-state index >= 15 is 0 Å². The van der Waals surface area contributed by atoms with Crippen molar-refractivity contribution in [2.24, 2.45) is 7.05 Å². The highest BCUT2D eigenvalue weighted by Crippen LogP contribution is 2.26. The molecular formula is C15H20N4. The average molecular weight is 256 g/mol. The smallest absolute Gasteiger partial charge is 0.0625 e. The minimum atomic E-state index is 0.856. The summed E-state index contributed by atoms with van der Waals surface area (Å²) in [5, 5.41) is 4.50. The van der Waals surface area contributed by atoms with Crippen LogP contribution in [0, 0.1) is 0 Å². The molecule has 0 bridgehead atoms. The van der Waals surface area contributed by atoms with Crippen molar-refractivity contribution < 1.29 is 0 Å². The molecule has 1 aromatic carbocycles. The number of aryl methyl sites for hydroxylation is 2. The third-order valence-corrected chi connectivity index (χ3v) is 3.79. The zero-order valence-electron chi connectivity index (χ0n) is 11.6. The predicted molar refractivity (Wildman–Crippen MR) is 76.4 cm³/mol. The van der Waals surface area contributed by atoms with Crippen LogP contribution in [-0.2, 0) is 33.1 Å². The van der Waals surface area contributed by atoms with Crippen molar-refractivity contribution in [1.29, 1.82) is 0 Å². The van der Waals surface area contributed by atoms with Gasteiger partial charge < -0.3 is 5.73 Å². The van der Waals surface area contributed by atoms with E-state index < -0.39 is 0 Å². The summed E-state index contributed by atoms with van der Waals surface area (Å²) in [7, 11) is 2.02. The van der Waals surface area contributed by atoms with Gasteiger partial charge in [0.1, 0.15) is 0 Å². The molecule has 0 amide bonds. The van der Waals surface area contributed by atoms with Crippen molar-refractivity contribution in [2.45, 2.75) is 33.0 Å². The van der Waals surface area contributed by atoms with Gasteiger partial charge >= 0.3 is 0 Å². The molecule has 0 radical (unpaired) electrons. The first-order valence-electron chi connectivity index (χ1n) is 6.77. The van der Waals surface area contributed by atoms with Crippen molar-refractivity contribution in [3.8, 4) is 0 Å². The summed E-state index contributed by atoms with van der Waals surface area (Å²) in [6, 6.07) is 8.43. The highest BCUT2D eigenvalue weighted by atomic mass is 15.3. The summed E-state index contributed by atoms with van der Waals surface area (Å²) >= 11 is 0. The molecule has 1 aromatic heterocycles. The van der Waals surface area contributed by atoms with Gasteiger partial charge in [0.05, 0.1) is 11.4 Å². The minimum absolute atomic E-state index is 0.856. The van der Waals surface area contributed by atoms with E-state index in [4.69, 9.17) is 5.73 Å². The summed E-state index contributed by atoms with van der Waals surface area (Å²) in [6.07, 6.45) is 0.991. The van der Waals surface area contributed by atoms with Crippen LogP contribution >= 0.6 is 0 Å². The highest BCUT2D eigenvalue weighted by Gasteiger charge is 2.20. The second kappa shape index (κ2) is 4.70. The zero-order valence-corrected chi connectivity index (χ0v) is 11.6. The SMILES string of the molecule is CCc1cc(CN2Cc3ccc(N)cc3C2)n(C)n1. The number of nitrogen functional groups attached to an aromatic ring is 1. The number of fused-ring (bicyclic) bond motifs is 1. The van der Waals surface area contributed by atoms with Gasteiger partial charge in [-0.3, -0.25) is 9.58 Å². The third kappa shape index (κ3) is 2.36. The molecule has 1 aliphatic heterocycles. The predicted octanol–water partition coefficient (Wildman–Crippen LogP) is 2.08. The van der Waals surface area contributed by atoms with Gasteiger partial charge in [-0.25, -0.2) is 0 Å². The Bertz CT molecular complexity index is 600. The van der Waals surface area contributed by atoms with Gasteiger partial charge in [0.25, 0.3) is 0 Å². The lowest BCUT2D eigenvalue weighted by molar-refractivity contribution is 0.267. The van der Waals surface area contributed by atoms with E-state index in [9.17, 15) is 0 Å². The Kier molecular flexibility index (Phi) is 3.03. The first-order chi connectivity index (χ1) is 9.15. The molecular weight excluding hydrogens is 236 g/mol. The van der Waals surface area contributed by atoms with Crippen molar-refractivity contribution >= 4 is 5.69 Å². The van der Waals surface area contributed by atoms with E-state index in [-0.39, 0.29) is 0 Å². The lowest BCUT2D eigenvalue weighted by atomic mass is 10.1. The number of nitrogens with zero attached hydrogens (tertiary/aromatic N) is 3. The minimum Gasteiger partial charge on any atom is -0.399 e. The van der Waals surface area contributed by atoms with Crippen molar-refractivity contribution in [1.82, 2.24) is 14.7 Å². The van der Waals surface area contributed by atoms with Crippen LogP contribution in [-0.4, -0.2) is 14.7 Å². The molecule has 0 saturated heterocycles. The maximum atomic E-state index is 5.84. The molecule has 2 heterocycles. The fourth-order valence-electron chi connectivity index (χ4n) is 2.72. The van der Waals surface area contributed by atoms with Gasteiger partial charge in [0.2, 0.25) is 0 Å². The first-order valence-corrected chi connectivity index (χ1v) is 6.77. The molecule has 2 aromatic rings. The fourth-order valence-corrected chi connectivity index (χ4v) is 2.72. The van der Waals surface area contributed by atoms with Gasteiger partial charge in [-0.2, -0.15) is 5.10 Å². The van der Waals surface area contributed by atoms with Crippen LogP contribution in [0.25, 0.3) is 0 Å². The number of hydrogen-bond acceptors (Lipinski definition) is 3. The van der Waals surface area contributed by atoms with Gasteiger partial charge in [-0.05, 0) is 35.7 Å². The number of benzene rings is 1. The Labute approximate surface area is 113 Å².